The fourth-order valence-electron chi connectivity index (χ4n) is 0. The second-order valence-corrected chi connectivity index (χ2v) is 0. The minimum atomic E-state index is 0. The summed E-state index contributed by atoms with van der Waals surface area (Å²) in [5.41, 5.74) is 0. The Labute approximate surface area is 50.2 Å². The second kappa shape index (κ2) is 79.3. The Hall–Kier alpha value is 1.01. The van der Waals surface area contributed by atoms with Crippen molar-refractivity contribution in [1.82, 2.24) is 0 Å². The third-order valence-electron chi connectivity index (χ3n) is 0. The molecule has 0 unspecified atom stereocenters. The summed E-state index contributed by atoms with van der Waals surface area (Å²) < 4.78 is 15.4. The Balaban J connectivity index is -0.0000000133. The predicted octanol–water partition coefficient (Wildman–Crippen LogP) is -1.00. The summed E-state index contributed by atoms with van der Waals surface area (Å²) in [7, 11) is 0. The van der Waals surface area contributed by atoms with Gasteiger partial charge in [-0.3, -0.25) is 0 Å². The number of halogens is 2. The van der Waals surface area contributed by atoms with Crippen molar-refractivity contribution in [3.8, 4) is 0 Å². The van der Waals surface area contributed by atoms with E-state index in [0.717, 1.165) is 0 Å². The van der Waals surface area contributed by atoms with Gasteiger partial charge in [-0.05, 0) is 0 Å². The largest absolute Gasteiger partial charge is 2.00 e. The van der Waals surface area contributed by atoms with Crippen molar-refractivity contribution in [2.45, 2.75) is 0 Å². The molecule has 0 rings (SSSR count). The summed E-state index contributed by atoms with van der Waals surface area (Å²) in [6.07, 6.45) is 0. The maximum absolute atomic E-state index is 7.72. The number of hydrogen-bond acceptors (Lipinski definition) is 2. The molecular formula is Cl2CoO2. The summed E-state index contributed by atoms with van der Waals surface area (Å²) in [4.78, 5) is 0. The van der Waals surface area contributed by atoms with E-state index in [0.29, 0.717) is 0 Å². The summed E-state index contributed by atoms with van der Waals surface area (Å²) in [5.74, 6) is 0. The van der Waals surface area contributed by atoms with Gasteiger partial charge in [0.15, 0.2) is 0 Å². The van der Waals surface area contributed by atoms with E-state index < -0.39 is 0 Å². The first-order chi connectivity index (χ1) is 2.00. The quantitative estimate of drug-likeness (QED) is 0.458. The molecule has 1 radical (unpaired) electrons. The maximum atomic E-state index is 7.72. The molecular weight excluding hydrogens is 162 g/mol. The summed E-state index contributed by atoms with van der Waals surface area (Å²) in [5, 5.41) is 0. The molecule has 35 valence electrons. The van der Waals surface area contributed by atoms with Gasteiger partial charge in [-0.25, -0.2) is 23.7 Å². The van der Waals surface area contributed by atoms with Crippen LogP contribution >= 0.6 is 23.7 Å². The standard InChI is InChI=1S/2ClO.Co/c2*1-2;/q2*-1;+2. The Bertz CT molecular complexity index is 7.61. The molecule has 0 saturated carbocycles. The number of hydrogen-bond donors (Lipinski definition) is 0. The Morgan fingerprint density at radius 3 is 0.800 bits per heavy atom. The molecule has 0 N–H and O–H groups in total. The van der Waals surface area contributed by atoms with Crippen molar-refractivity contribution in [2.75, 3.05) is 0 Å². The van der Waals surface area contributed by atoms with Gasteiger partial charge < -0.3 is 9.32 Å². The first-order valence-corrected chi connectivity index (χ1v) is 0.926. The zero-order valence-electron chi connectivity index (χ0n) is 1.91. The van der Waals surface area contributed by atoms with E-state index in [1.54, 1.807) is 0 Å². The summed E-state index contributed by atoms with van der Waals surface area (Å²) in [6, 6.07) is 0. The minimum absolute atomic E-state index is 0. The van der Waals surface area contributed by atoms with Crippen LogP contribution in [0.15, 0.2) is 0 Å². The Morgan fingerprint density at radius 2 is 0.800 bits per heavy atom. The van der Waals surface area contributed by atoms with E-state index in [1.165, 1.54) is 0 Å². The van der Waals surface area contributed by atoms with Gasteiger partial charge in [0.05, 0.1) is 0 Å². The van der Waals surface area contributed by atoms with Gasteiger partial charge in [0.2, 0.25) is 0 Å². The molecule has 0 aliphatic heterocycles. The van der Waals surface area contributed by atoms with Crippen molar-refractivity contribution in [2.24, 2.45) is 0 Å². The molecule has 0 aromatic heterocycles. The first kappa shape index (κ1) is 16.7. The fourth-order valence-corrected chi connectivity index (χ4v) is 0. The fraction of sp³-hybridized carbons (Fsp3) is 0. The molecule has 0 aromatic rings. The van der Waals surface area contributed by atoms with Crippen LogP contribution in [0.1, 0.15) is 0 Å². The van der Waals surface area contributed by atoms with Crippen LogP contribution in [0.5, 0.6) is 0 Å². The molecule has 0 aliphatic rings. The van der Waals surface area contributed by atoms with Gasteiger partial charge in [-0.1, -0.05) is 0 Å². The molecule has 5 heteroatoms. The zero-order valence-corrected chi connectivity index (χ0v) is 4.46. The molecule has 0 saturated heterocycles. The normalized spacial score (nSPS) is 2.40. The van der Waals surface area contributed by atoms with E-state index in [9.17, 15) is 0 Å². The SMILES string of the molecule is [Co+2].[O-]Cl.[O-]Cl. The third-order valence-corrected chi connectivity index (χ3v) is 0. The smallest absolute Gasteiger partial charge is 0.769 e. The minimum Gasteiger partial charge on any atom is -0.769 e. The van der Waals surface area contributed by atoms with Gasteiger partial charge in [-0.15, -0.1) is 0 Å². The van der Waals surface area contributed by atoms with Crippen molar-refractivity contribution in [3.63, 3.8) is 0 Å². The summed E-state index contributed by atoms with van der Waals surface area (Å²) >= 11 is 6.78. The Kier molecular flexibility index (Phi) is 264. The van der Waals surface area contributed by atoms with Crippen LogP contribution in [-0.4, -0.2) is 0 Å². The van der Waals surface area contributed by atoms with Gasteiger partial charge >= 0.3 is 16.8 Å². The van der Waals surface area contributed by atoms with Crippen LogP contribution in [0.3, 0.4) is 0 Å². The van der Waals surface area contributed by atoms with Gasteiger partial charge in [0, 0.05) is 0 Å². The van der Waals surface area contributed by atoms with Crippen molar-refractivity contribution < 1.29 is 26.1 Å². The van der Waals surface area contributed by atoms with Crippen LogP contribution in [0.25, 0.3) is 0 Å². The molecule has 5 heavy (non-hydrogen) atoms. The molecule has 0 heterocycles. The number of rotatable bonds is 0. The van der Waals surface area contributed by atoms with Crippen LogP contribution in [0.4, 0.5) is 0 Å². The molecule has 0 fully saturated rings. The van der Waals surface area contributed by atoms with E-state index in [4.69, 9.17) is 9.32 Å². The monoisotopic (exact) mass is 161 g/mol. The van der Waals surface area contributed by atoms with Crippen molar-refractivity contribution in [3.05, 3.63) is 0 Å². The van der Waals surface area contributed by atoms with Gasteiger partial charge in [0.1, 0.15) is 0 Å². The van der Waals surface area contributed by atoms with Crippen molar-refractivity contribution >= 4 is 23.7 Å². The van der Waals surface area contributed by atoms with E-state index >= 15 is 0 Å². The average molecular weight is 162 g/mol. The predicted molar refractivity (Wildman–Crippen MR) is 11.7 cm³/mol. The Morgan fingerprint density at radius 1 is 0.800 bits per heavy atom. The average Bonchev–Trinajstić information content (AvgIpc) is 1.50. The van der Waals surface area contributed by atoms with E-state index in [1.807, 2.05) is 0 Å². The van der Waals surface area contributed by atoms with Crippen LogP contribution in [0, 0.1) is 0 Å². The zero-order chi connectivity index (χ0) is 4.00. The topological polar surface area (TPSA) is 46.1 Å². The first-order valence-electron chi connectivity index (χ1n) is 0.309. The van der Waals surface area contributed by atoms with Crippen LogP contribution < -0.4 is 9.32 Å². The van der Waals surface area contributed by atoms with Gasteiger partial charge in [-0.2, -0.15) is 0 Å². The molecule has 2 nitrogen and oxygen atoms in total. The van der Waals surface area contributed by atoms with Crippen LogP contribution in [0.2, 0.25) is 0 Å². The molecule has 0 atom stereocenters. The van der Waals surface area contributed by atoms with Gasteiger partial charge in [0.25, 0.3) is 0 Å². The van der Waals surface area contributed by atoms with Crippen LogP contribution in [-0.2, 0) is 16.8 Å². The van der Waals surface area contributed by atoms with E-state index in [-0.39, 0.29) is 16.8 Å². The maximum Gasteiger partial charge on any atom is 2.00 e. The molecule has 0 amide bonds. The van der Waals surface area contributed by atoms with Crippen molar-refractivity contribution in [1.29, 1.82) is 0 Å². The molecule has 0 aromatic carbocycles. The van der Waals surface area contributed by atoms with E-state index in [2.05, 4.69) is 23.7 Å². The molecule has 0 aliphatic carbocycles. The third kappa shape index (κ3) is 44.7. The summed E-state index contributed by atoms with van der Waals surface area (Å²) in [6.45, 7) is 0. The molecule has 0 spiro atoms. The molecule has 0 bridgehead atoms. The second-order valence-electron chi connectivity index (χ2n) is 0.